The first kappa shape index (κ1) is 20.9. The van der Waals surface area contributed by atoms with Crippen LogP contribution in [-0.4, -0.2) is 24.3 Å². The lowest BCUT2D eigenvalue weighted by Crippen LogP contribution is -2.37. The zero-order chi connectivity index (χ0) is 22.2. The van der Waals surface area contributed by atoms with Crippen LogP contribution in [0.25, 0.3) is 0 Å². The number of ketones is 1. The van der Waals surface area contributed by atoms with Crippen LogP contribution in [0.5, 0.6) is 11.5 Å². The Bertz CT molecular complexity index is 1150. The molecular formula is C25H22BrNO5. The zero-order valence-corrected chi connectivity index (χ0v) is 19.2. The Labute approximate surface area is 194 Å². The summed E-state index contributed by atoms with van der Waals surface area (Å²) in [6, 6.07) is 13.2. The lowest BCUT2D eigenvalue weighted by Gasteiger charge is -2.35. The molecule has 2 heterocycles. The summed E-state index contributed by atoms with van der Waals surface area (Å²) in [6.07, 6.45) is 1.95. The second-order valence-electron chi connectivity index (χ2n) is 8.17. The van der Waals surface area contributed by atoms with Gasteiger partial charge in [0.1, 0.15) is 12.5 Å². The van der Waals surface area contributed by atoms with E-state index in [1.54, 1.807) is 0 Å². The first-order valence-electron chi connectivity index (χ1n) is 10.6. The molecule has 0 saturated heterocycles. The Hall–Kier alpha value is -2.93. The fourth-order valence-electron chi connectivity index (χ4n) is 4.64. The van der Waals surface area contributed by atoms with Gasteiger partial charge in [-0.3, -0.25) is 14.6 Å². The molecule has 1 unspecified atom stereocenters. The average Bonchev–Trinajstić information content (AvgIpc) is 3.24. The molecule has 3 aliphatic rings. The largest absolute Gasteiger partial charge is 0.460 e. The first-order valence-corrected chi connectivity index (χ1v) is 11.4. The normalized spacial score (nSPS) is 21.8. The van der Waals surface area contributed by atoms with Crippen LogP contribution in [0.3, 0.4) is 0 Å². The lowest BCUT2D eigenvalue weighted by molar-refractivity contribution is -0.148. The van der Waals surface area contributed by atoms with Crippen molar-refractivity contribution in [2.24, 2.45) is 10.9 Å². The monoisotopic (exact) mass is 495 g/mol. The van der Waals surface area contributed by atoms with Gasteiger partial charge >= 0.3 is 5.97 Å². The molecule has 5 rings (SSSR count). The van der Waals surface area contributed by atoms with E-state index < -0.39 is 17.8 Å². The number of rotatable bonds is 4. The molecule has 2 atom stereocenters. The van der Waals surface area contributed by atoms with Crippen molar-refractivity contribution in [3.63, 3.8) is 0 Å². The van der Waals surface area contributed by atoms with Crippen LogP contribution in [0.4, 0.5) is 0 Å². The van der Waals surface area contributed by atoms with Crippen molar-refractivity contribution in [3.8, 4) is 11.5 Å². The summed E-state index contributed by atoms with van der Waals surface area (Å²) in [5.41, 5.74) is 3.75. The predicted octanol–water partition coefficient (Wildman–Crippen LogP) is 5.10. The molecular weight excluding hydrogens is 474 g/mol. The topological polar surface area (TPSA) is 74.2 Å². The third kappa shape index (κ3) is 3.75. The van der Waals surface area contributed by atoms with E-state index in [1.165, 1.54) is 0 Å². The Kier molecular flexibility index (Phi) is 5.59. The molecule has 1 aliphatic carbocycles. The maximum absolute atomic E-state index is 13.4. The van der Waals surface area contributed by atoms with Gasteiger partial charge in [0.25, 0.3) is 0 Å². The number of carbonyl (C=O) groups excluding carboxylic acids is 2. The van der Waals surface area contributed by atoms with Crippen LogP contribution in [-0.2, 0) is 20.9 Å². The van der Waals surface area contributed by atoms with Gasteiger partial charge in [0.15, 0.2) is 17.3 Å². The van der Waals surface area contributed by atoms with Gasteiger partial charge in [-0.15, -0.1) is 0 Å². The second-order valence-corrected chi connectivity index (χ2v) is 9.02. The number of hydrogen-bond donors (Lipinski definition) is 0. The van der Waals surface area contributed by atoms with E-state index in [0.29, 0.717) is 29.2 Å². The second kappa shape index (κ2) is 8.54. The number of hydrogen-bond acceptors (Lipinski definition) is 6. The van der Waals surface area contributed by atoms with Gasteiger partial charge in [0, 0.05) is 33.8 Å². The molecule has 2 aliphatic heterocycles. The number of Topliss-reactive ketones (excluding diaryl/α,β-unsaturated/α-hetero) is 1. The molecule has 0 radical (unpaired) electrons. The van der Waals surface area contributed by atoms with Gasteiger partial charge in [0.2, 0.25) is 6.79 Å². The van der Waals surface area contributed by atoms with Gasteiger partial charge < -0.3 is 14.2 Å². The van der Waals surface area contributed by atoms with Crippen molar-refractivity contribution in [1.29, 1.82) is 0 Å². The standard InChI is InChI=1S/C25H22BrNO5/c1-14-22(25(29)30-12-15-6-3-2-4-7-15)23(24-18(27-14)8-5-9-19(24)28)16-10-20-21(11-17(16)26)32-13-31-20/h2-4,6-7,10-11,22-23H,5,8-9,12-13H2,1H3/t22?,23-/m1/s1. The van der Waals surface area contributed by atoms with E-state index in [-0.39, 0.29) is 19.2 Å². The van der Waals surface area contributed by atoms with Gasteiger partial charge in [-0.05, 0) is 43.0 Å². The summed E-state index contributed by atoms with van der Waals surface area (Å²) in [7, 11) is 0. The Balaban J connectivity index is 1.56. The van der Waals surface area contributed by atoms with Crippen LogP contribution >= 0.6 is 15.9 Å². The number of fused-ring (bicyclic) bond motifs is 1. The molecule has 32 heavy (non-hydrogen) atoms. The van der Waals surface area contributed by atoms with E-state index in [1.807, 2.05) is 49.4 Å². The van der Waals surface area contributed by atoms with E-state index in [9.17, 15) is 9.59 Å². The summed E-state index contributed by atoms with van der Waals surface area (Å²) < 4.78 is 17.5. The highest BCUT2D eigenvalue weighted by Crippen LogP contribution is 2.48. The van der Waals surface area contributed by atoms with E-state index >= 15 is 0 Å². The van der Waals surface area contributed by atoms with Crippen molar-refractivity contribution in [2.75, 3.05) is 6.79 Å². The molecule has 7 heteroatoms. The number of ether oxygens (including phenoxy) is 3. The zero-order valence-electron chi connectivity index (χ0n) is 17.6. The minimum Gasteiger partial charge on any atom is -0.460 e. The Morgan fingerprint density at radius 2 is 1.91 bits per heavy atom. The fraction of sp³-hybridized carbons (Fsp3) is 0.320. The van der Waals surface area contributed by atoms with Crippen LogP contribution in [0.1, 0.15) is 43.2 Å². The van der Waals surface area contributed by atoms with Gasteiger partial charge in [-0.25, -0.2) is 0 Å². The molecule has 0 fully saturated rings. The van der Waals surface area contributed by atoms with Crippen LogP contribution in [0, 0.1) is 5.92 Å². The van der Waals surface area contributed by atoms with Crippen molar-refractivity contribution >= 4 is 33.4 Å². The molecule has 0 amide bonds. The minimum absolute atomic E-state index is 0.0397. The molecule has 6 nitrogen and oxygen atoms in total. The summed E-state index contributed by atoms with van der Waals surface area (Å²) in [6.45, 7) is 2.15. The van der Waals surface area contributed by atoms with Crippen molar-refractivity contribution in [2.45, 2.75) is 38.7 Å². The molecule has 0 spiro atoms. The third-order valence-corrected chi connectivity index (χ3v) is 6.83. The van der Waals surface area contributed by atoms with Crippen LogP contribution in [0.15, 0.2) is 63.2 Å². The highest BCUT2D eigenvalue weighted by atomic mass is 79.9. The summed E-state index contributed by atoms with van der Waals surface area (Å²) in [5, 5.41) is 0. The average molecular weight is 496 g/mol. The van der Waals surface area contributed by atoms with E-state index in [4.69, 9.17) is 19.2 Å². The van der Waals surface area contributed by atoms with Crippen molar-refractivity contribution < 1.29 is 23.8 Å². The molecule has 0 bridgehead atoms. The molecule has 2 aromatic rings. The molecule has 0 aromatic heterocycles. The SMILES string of the molecule is CC1=NC2=C(C(=O)CCC2)[C@H](c2cc3c(cc2Br)OCO3)C1C(=O)OCc1ccccc1. The number of halogens is 1. The molecule has 2 aromatic carbocycles. The fourth-order valence-corrected chi connectivity index (χ4v) is 5.21. The molecule has 0 saturated carbocycles. The molecule has 0 N–H and O–H groups in total. The smallest absolute Gasteiger partial charge is 0.315 e. The first-order chi connectivity index (χ1) is 15.5. The number of aliphatic imine (C=N–C) groups is 1. The quantitative estimate of drug-likeness (QED) is 0.551. The predicted molar refractivity (Wildman–Crippen MR) is 122 cm³/mol. The Morgan fingerprint density at radius 3 is 2.69 bits per heavy atom. The van der Waals surface area contributed by atoms with E-state index in [2.05, 4.69) is 15.9 Å². The summed E-state index contributed by atoms with van der Waals surface area (Å²) in [4.78, 5) is 31.1. The number of benzene rings is 2. The number of esters is 1. The Morgan fingerprint density at radius 1 is 1.16 bits per heavy atom. The van der Waals surface area contributed by atoms with Gasteiger partial charge in [-0.2, -0.15) is 0 Å². The van der Waals surface area contributed by atoms with Gasteiger partial charge in [0.05, 0.1) is 0 Å². The summed E-state index contributed by atoms with van der Waals surface area (Å²) in [5.74, 6) is -0.314. The van der Waals surface area contributed by atoms with Crippen molar-refractivity contribution in [3.05, 3.63) is 69.3 Å². The summed E-state index contributed by atoms with van der Waals surface area (Å²) >= 11 is 3.63. The number of nitrogens with zero attached hydrogens (tertiary/aromatic N) is 1. The van der Waals surface area contributed by atoms with E-state index in [0.717, 1.165) is 34.1 Å². The maximum atomic E-state index is 13.4. The highest BCUT2D eigenvalue weighted by Gasteiger charge is 2.44. The van der Waals surface area contributed by atoms with Crippen LogP contribution in [0.2, 0.25) is 0 Å². The highest BCUT2D eigenvalue weighted by molar-refractivity contribution is 9.10. The third-order valence-electron chi connectivity index (χ3n) is 6.14. The van der Waals surface area contributed by atoms with Crippen LogP contribution < -0.4 is 9.47 Å². The van der Waals surface area contributed by atoms with Gasteiger partial charge in [-0.1, -0.05) is 46.3 Å². The maximum Gasteiger partial charge on any atom is 0.315 e. The van der Waals surface area contributed by atoms with Crippen molar-refractivity contribution in [1.82, 2.24) is 0 Å². The minimum atomic E-state index is -0.698. The number of carbonyl (C=O) groups is 2. The lowest BCUT2D eigenvalue weighted by atomic mass is 9.71. The molecule has 164 valence electrons. The number of allylic oxidation sites excluding steroid dienone is 2.